The third-order valence-electron chi connectivity index (χ3n) is 6.90. The first kappa shape index (κ1) is 20.5. The average molecular weight is 455 g/mol. The Hall–Kier alpha value is -2.10. The highest BCUT2D eigenvalue weighted by Crippen LogP contribution is 2.42. The van der Waals surface area contributed by atoms with Gasteiger partial charge in [-0.2, -0.15) is 0 Å². The number of rotatable bonds is 3. The second-order valence-corrected chi connectivity index (χ2v) is 10.7. The molecule has 5 heterocycles. The summed E-state index contributed by atoms with van der Waals surface area (Å²) in [6, 6.07) is 0.445. The summed E-state index contributed by atoms with van der Waals surface area (Å²) in [5, 5.41) is 13.6. The molecule has 0 radical (unpaired) electrons. The van der Waals surface area contributed by atoms with Gasteiger partial charge in [0, 0.05) is 36.5 Å². The van der Waals surface area contributed by atoms with Crippen molar-refractivity contribution in [2.45, 2.75) is 70.6 Å². The zero-order valence-corrected chi connectivity index (χ0v) is 19.6. The van der Waals surface area contributed by atoms with Crippen molar-refractivity contribution >= 4 is 43.7 Å². The highest BCUT2D eigenvalue weighted by atomic mass is 32.1. The van der Waals surface area contributed by atoms with E-state index in [1.807, 2.05) is 0 Å². The van der Waals surface area contributed by atoms with Crippen LogP contribution in [0, 0.1) is 0 Å². The molecule has 1 N–H and O–H groups in total. The average Bonchev–Trinajstić information content (AvgIpc) is 3.17. The smallest absolute Gasteiger partial charge is 0.243 e. The monoisotopic (exact) mass is 454 g/mol. The van der Waals surface area contributed by atoms with Gasteiger partial charge in [-0.1, -0.05) is 30.6 Å². The van der Waals surface area contributed by atoms with E-state index in [0.29, 0.717) is 18.6 Å². The number of anilines is 2. The van der Waals surface area contributed by atoms with Crippen LogP contribution in [0.1, 0.15) is 57.1 Å². The van der Waals surface area contributed by atoms with Crippen LogP contribution in [0.5, 0.6) is 0 Å². The van der Waals surface area contributed by atoms with Crippen LogP contribution in [-0.4, -0.2) is 58.1 Å². The SMILES string of the molecule is CC1(C)Cc2c(c(N3CCOCC3)nc3sc4nnc(NC5CCCCC5)nc4c23)CO1. The highest BCUT2D eigenvalue weighted by molar-refractivity contribution is 7.25. The number of ether oxygens (including phenoxy) is 2. The van der Waals surface area contributed by atoms with Gasteiger partial charge in [-0.25, -0.2) is 9.97 Å². The number of nitrogens with one attached hydrogen (secondary N) is 1. The Morgan fingerprint density at radius 2 is 1.81 bits per heavy atom. The van der Waals surface area contributed by atoms with E-state index in [9.17, 15) is 0 Å². The number of hydrogen-bond acceptors (Lipinski definition) is 9. The first-order valence-corrected chi connectivity index (χ1v) is 12.6. The summed E-state index contributed by atoms with van der Waals surface area (Å²) >= 11 is 1.59. The Bertz CT molecular complexity index is 1150. The maximum absolute atomic E-state index is 6.23. The van der Waals surface area contributed by atoms with Gasteiger partial charge in [0.15, 0.2) is 4.83 Å². The minimum absolute atomic E-state index is 0.221. The zero-order valence-electron chi connectivity index (χ0n) is 18.8. The van der Waals surface area contributed by atoms with E-state index >= 15 is 0 Å². The molecular weight excluding hydrogens is 424 g/mol. The predicted molar refractivity (Wildman–Crippen MR) is 127 cm³/mol. The van der Waals surface area contributed by atoms with E-state index in [2.05, 4.69) is 34.3 Å². The van der Waals surface area contributed by atoms with Gasteiger partial charge in [0.2, 0.25) is 5.95 Å². The van der Waals surface area contributed by atoms with Gasteiger partial charge in [-0.15, -0.1) is 10.2 Å². The van der Waals surface area contributed by atoms with Gasteiger partial charge in [-0.3, -0.25) is 0 Å². The fourth-order valence-corrected chi connectivity index (χ4v) is 6.17. The summed E-state index contributed by atoms with van der Waals surface area (Å²) in [5.74, 6) is 1.67. The van der Waals surface area contributed by atoms with E-state index in [0.717, 1.165) is 59.1 Å². The lowest BCUT2D eigenvalue weighted by atomic mass is 9.90. The largest absolute Gasteiger partial charge is 0.378 e. The van der Waals surface area contributed by atoms with Crippen molar-refractivity contribution < 1.29 is 9.47 Å². The lowest BCUT2D eigenvalue weighted by Gasteiger charge is -2.36. The van der Waals surface area contributed by atoms with E-state index in [4.69, 9.17) is 19.4 Å². The molecule has 0 unspecified atom stereocenters. The fourth-order valence-electron chi connectivity index (χ4n) is 5.21. The van der Waals surface area contributed by atoms with Crippen molar-refractivity contribution in [3.8, 4) is 0 Å². The number of morpholine rings is 1. The molecule has 0 aromatic carbocycles. The van der Waals surface area contributed by atoms with Crippen molar-refractivity contribution in [2.75, 3.05) is 36.5 Å². The van der Waals surface area contributed by atoms with Crippen LogP contribution in [0.25, 0.3) is 20.6 Å². The number of nitrogens with zero attached hydrogens (tertiary/aromatic N) is 5. The van der Waals surface area contributed by atoms with Crippen molar-refractivity contribution in [3.63, 3.8) is 0 Å². The van der Waals surface area contributed by atoms with Crippen LogP contribution in [0.15, 0.2) is 0 Å². The summed E-state index contributed by atoms with van der Waals surface area (Å²) in [7, 11) is 0. The van der Waals surface area contributed by atoms with Crippen molar-refractivity contribution in [1.82, 2.24) is 20.2 Å². The lowest BCUT2D eigenvalue weighted by molar-refractivity contribution is -0.0396. The molecule has 0 spiro atoms. The predicted octanol–water partition coefficient (Wildman–Crippen LogP) is 4.07. The third-order valence-corrected chi connectivity index (χ3v) is 7.86. The molecule has 0 amide bonds. The molecule has 170 valence electrons. The summed E-state index contributed by atoms with van der Waals surface area (Å²) in [6.07, 6.45) is 7.05. The summed E-state index contributed by atoms with van der Waals surface area (Å²) in [4.78, 5) is 14.3. The summed E-state index contributed by atoms with van der Waals surface area (Å²) in [6.45, 7) is 8.07. The summed E-state index contributed by atoms with van der Waals surface area (Å²) in [5.41, 5.74) is 3.21. The molecular formula is C23H30N6O2S. The van der Waals surface area contributed by atoms with E-state index in [1.165, 1.54) is 43.2 Å². The van der Waals surface area contributed by atoms with Crippen LogP contribution in [0.2, 0.25) is 0 Å². The van der Waals surface area contributed by atoms with Gasteiger partial charge < -0.3 is 19.7 Å². The topological polar surface area (TPSA) is 85.3 Å². The zero-order chi connectivity index (χ0) is 21.7. The van der Waals surface area contributed by atoms with E-state index in [1.54, 1.807) is 11.3 Å². The molecule has 3 aromatic rings. The fraction of sp³-hybridized carbons (Fsp3) is 0.652. The van der Waals surface area contributed by atoms with Crippen LogP contribution in [0.3, 0.4) is 0 Å². The molecule has 0 atom stereocenters. The Balaban J connectivity index is 1.48. The molecule has 6 rings (SSSR count). The molecule has 3 aromatic heterocycles. The molecule has 3 aliphatic rings. The lowest BCUT2D eigenvalue weighted by Crippen LogP contribution is -2.39. The van der Waals surface area contributed by atoms with Gasteiger partial charge in [0.25, 0.3) is 0 Å². The number of hydrogen-bond donors (Lipinski definition) is 1. The first-order valence-electron chi connectivity index (χ1n) is 11.8. The Morgan fingerprint density at radius 1 is 1.00 bits per heavy atom. The highest BCUT2D eigenvalue weighted by Gasteiger charge is 2.33. The van der Waals surface area contributed by atoms with Gasteiger partial charge in [0.05, 0.1) is 25.4 Å². The first-order chi connectivity index (χ1) is 15.6. The van der Waals surface area contributed by atoms with Gasteiger partial charge in [0.1, 0.15) is 16.2 Å². The molecule has 9 heteroatoms. The van der Waals surface area contributed by atoms with E-state index < -0.39 is 0 Å². The Kier molecular flexibility index (Phi) is 5.15. The second-order valence-electron chi connectivity index (χ2n) is 9.77. The third kappa shape index (κ3) is 3.70. The number of thiophene rings is 1. The number of pyridine rings is 1. The maximum Gasteiger partial charge on any atom is 0.243 e. The molecule has 32 heavy (non-hydrogen) atoms. The number of aromatic nitrogens is 4. The van der Waals surface area contributed by atoms with Crippen molar-refractivity contribution in [2.24, 2.45) is 0 Å². The second kappa shape index (κ2) is 8.04. The Labute approximate surface area is 191 Å². The maximum atomic E-state index is 6.23. The number of fused-ring (bicyclic) bond motifs is 5. The minimum atomic E-state index is -0.221. The molecule has 1 saturated carbocycles. The van der Waals surface area contributed by atoms with Gasteiger partial charge >= 0.3 is 0 Å². The van der Waals surface area contributed by atoms with Crippen LogP contribution >= 0.6 is 11.3 Å². The van der Waals surface area contributed by atoms with E-state index in [-0.39, 0.29) is 5.60 Å². The molecule has 1 aliphatic carbocycles. The van der Waals surface area contributed by atoms with Crippen LogP contribution in [-0.2, 0) is 22.5 Å². The molecule has 0 bridgehead atoms. The summed E-state index contributed by atoms with van der Waals surface area (Å²) < 4.78 is 11.8. The van der Waals surface area contributed by atoms with Crippen molar-refractivity contribution in [3.05, 3.63) is 11.1 Å². The molecule has 2 aliphatic heterocycles. The molecule has 8 nitrogen and oxygen atoms in total. The van der Waals surface area contributed by atoms with Crippen LogP contribution < -0.4 is 10.2 Å². The standard InChI is InChI=1S/C23H30N6O2S/c1-23(2)12-15-16(13-31-23)19(29-8-10-30-11-9-29)26-20-17(15)18-21(32-20)27-28-22(25-18)24-14-6-4-3-5-7-14/h14H,3-13H2,1-2H3,(H,24,25,28). The normalized spacial score (nSPS) is 21.8. The Morgan fingerprint density at radius 3 is 2.62 bits per heavy atom. The minimum Gasteiger partial charge on any atom is -0.378 e. The van der Waals surface area contributed by atoms with Crippen LogP contribution in [0.4, 0.5) is 11.8 Å². The molecule has 2 fully saturated rings. The quantitative estimate of drug-likeness (QED) is 0.634. The molecule has 1 saturated heterocycles. The van der Waals surface area contributed by atoms with Crippen molar-refractivity contribution in [1.29, 1.82) is 0 Å². The van der Waals surface area contributed by atoms with Gasteiger partial charge in [-0.05, 0) is 32.3 Å².